The van der Waals surface area contributed by atoms with Crippen LogP contribution in [0.2, 0.25) is 0 Å². The summed E-state index contributed by atoms with van der Waals surface area (Å²) < 4.78 is 64.4. The second-order valence-electron chi connectivity index (χ2n) is 6.89. The molecule has 3 aromatic heterocycles. The lowest BCUT2D eigenvalue weighted by atomic mass is 9.86. The molecule has 28 heavy (non-hydrogen) atoms. The molecule has 1 aliphatic rings. The Kier molecular flexibility index (Phi) is 4.43. The van der Waals surface area contributed by atoms with Crippen LogP contribution in [-0.4, -0.2) is 25.9 Å². The molecule has 1 saturated carbocycles. The third-order valence-corrected chi connectivity index (χ3v) is 4.84. The van der Waals surface area contributed by atoms with E-state index in [1.165, 1.54) is 12.3 Å². The predicted octanol–water partition coefficient (Wildman–Crippen LogP) is 5.41. The van der Waals surface area contributed by atoms with Gasteiger partial charge in [0, 0.05) is 31.0 Å². The minimum atomic E-state index is -4.45. The number of alkyl halides is 5. The van der Waals surface area contributed by atoms with Crippen LogP contribution in [0.5, 0.6) is 0 Å². The van der Waals surface area contributed by atoms with Crippen molar-refractivity contribution in [3.05, 3.63) is 42.0 Å². The Labute approximate surface area is 156 Å². The fourth-order valence-electron chi connectivity index (χ4n) is 3.27. The molecule has 0 radical (unpaired) electrons. The summed E-state index contributed by atoms with van der Waals surface area (Å²) in [5, 5.41) is 2.83. The second kappa shape index (κ2) is 6.68. The van der Waals surface area contributed by atoms with Crippen molar-refractivity contribution in [2.75, 3.05) is 5.32 Å². The van der Waals surface area contributed by atoms with Gasteiger partial charge < -0.3 is 10.3 Å². The molecule has 0 amide bonds. The zero-order valence-electron chi connectivity index (χ0n) is 14.5. The highest BCUT2D eigenvalue weighted by atomic mass is 19.4. The molecule has 148 valence electrons. The van der Waals surface area contributed by atoms with Gasteiger partial charge in [0.15, 0.2) is 0 Å². The van der Waals surface area contributed by atoms with Crippen molar-refractivity contribution in [3.63, 3.8) is 0 Å². The van der Waals surface area contributed by atoms with E-state index in [0.717, 1.165) is 12.3 Å². The van der Waals surface area contributed by atoms with E-state index in [0.29, 0.717) is 35.5 Å². The lowest BCUT2D eigenvalue weighted by molar-refractivity contribution is -0.137. The van der Waals surface area contributed by atoms with E-state index in [2.05, 4.69) is 25.3 Å². The first-order valence-electron chi connectivity index (χ1n) is 8.73. The zero-order valence-corrected chi connectivity index (χ0v) is 14.5. The van der Waals surface area contributed by atoms with Gasteiger partial charge in [0.1, 0.15) is 17.5 Å². The average molecular weight is 397 g/mol. The van der Waals surface area contributed by atoms with E-state index in [1.807, 2.05) is 0 Å². The maximum atomic E-state index is 13.3. The van der Waals surface area contributed by atoms with Crippen molar-refractivity contribution in [3.8, 4) is 0 Å². The molecule has 4 rings (SSSR count). The highest BCUT2D eigenvalue weighted by Gasteiger charge is 2.36. The molecule has 5 nitrogen and oxygen atoms in total. The van der Waals surface area contributed by atoms with E-state index >= 15 is 0 Å². The Morgan fingerprint density at radius 3 is 2.39 bits per heavy atom. The Balaban J connectivity index is 1.50. The molecule has 3 aromatic rings. The van der Waals surface area contributed by atoms with Gasteiger partial charge in [0.25, 0.3) is 0 Å². The number of aromatic amines is 1. The Bertz CT molecular complexity index is 970. The maximum absolute atomic E-state index is 13.3. The van der Waals surface area contributed by atoms with Crippen molar-refractivity contribution in [2.45, 2.75) is 43.7 Å². The number of imidazole rings is 1. The van der Waals surface area contributed by atoms with Gasteiger partial charge in [0.2, 0.25) is 5.92 Å². The fourth-order valence-corrected chi connectivity index (χ4v) is 3.27. The van der Waals surface area contributed by atoms with Crippen LogP contribution in [0, 0.1) is 0 Å². The quantitative estimate of drug-likeness (QED) is 0.580. The third-order valence-electron chi connectivity index (χ3n) is 4.84. The predicted molar refractivity (Wildman–Crippen MR) is 92.6 cm³/mol. The number of halogens is 5. The van der Waals surface area contributed by atoms with E-state index < -0.39 is 17.7 Å². The number of pyridine rings is 2. The van der Waals surface area contributed by atoms with Crippen LogP contribution in [0.15, 0.2) is 30.6 Å². The molecule has 0 spiro atoms. The van der Waals surface area contributed by atoms with Crippen molar-refractivity contribution in [1.29, 1.82) is 0 Å². The van der Waals surface area contributed by atoms with Gasteiger partial charge in [-0.1, -0.05) is 0 Å². The van der Waals surface area contributed by atoms with E-state index in [-0.39, 0.29) is 24.6 Å². The first-order chi connectivity index (χ1) is 13.2. The normalized spacial score (nSPS) is 17.8. The number of H-pyrrole nitrogens is 1. The molecule has 1 aliphatic carbocycles. The minimum absolute atomic E-state index is 0.0555. The van der Waals surface area contributed by atoms with Crippen molar-refractivity contribution in [1.82, 2.24) is 19.9 Å². The Hall–Kier alpha value is -2.78. The number of anilines is 2. The van der Waals surface area contributed by atoms with Gasteiger partial charge in [0.05, 0.1) is 22.8 Å². The summed E-state index contributed by atoms with van der Waals surface area (Å²) in [6.07, 6.45) is -1.75. The highest BCUT2D eigenvalue weighted by molar-refractivity contribution is 5.78. The van der Waals surface area contributed by atoms with Crippen molar-refractivity contribution < 1.29 is 22.0 Å². The number of fused-ring (bicyclic) bond motifs is 1. The maximum Gasteiger partial charge on any atom is 0.417 e. The van der Waals surface area contributed by atoms with Crippen molar-refractivity contribution in [2.24, 2.45) is 0 Å². The minimum Gasteiger partial charge on any atom is -0.340 e. The molecule has 0 atom stereocenters. The Morgan fingerprint density at radius 1 is 1.04 bits per heavy atom. The lowest BCUT2D eigenvalue weighted by Crippen LogP contribution is -2.24. The van der Waals surface area contributed by atoms with Crippen LogP contribution < -0.4 is 5.32 Å². The summed E-state index contributed by atoms with van der Waals surface area (Å²) in [5.74, 6) is -1.43. The number of hydrogen-bond donors (Lipinski definition) is 2. The molecular formula is C18H16F5N5. The highest BCUT2D eigenvalue weighted by Crippen LogP contribution is 2.40. The van der Waals surface area contributed by atoms with Crippen LogP contribution in [0.3, 0.4) is 0 Å². The van der Waals surface area contributed by atoms with Gasteiger partial charge in [-0.15, -0.1) is 0 Å². The summed E-state index contributed by atoms with van der Waals surface area (Å²) >= 11 is 0. The molecule has 3 heterocycles. The number of nitrogens with zero attached hydrogens (tertiary/aromatic N) is 3. The van der Waals surface area contributed by atoms with E-state index in [1.54, 1.807) is 6.07 Å². The average Bonchev–Trinajstić information content (AvgIpc) is 3.04. The molecule has 2 N–H and O–H groups in total. The molecular weight excluding hydrogens is 381 g/mol. The standard InChI is InChI=1S/C18H16F5N5/c19-17(20)5-3-10(4-6-17)16-26-12-7-15(25-9-13(12)27-16)28-14-2-1-11(8-24-14)18(21,22)23/h1-2,7-10H,3-6H2,(H,26,27)(H,24,25,28). The van der Waals surface area contributed by atoms with Gasteiger partial charge in [-0.05, 0) is 25.0 Å². The Morgan fingerprint density at radius 2 is 1.75 bits per heavy atom. The second-order valence-corrected chi connectivity index (χ2v) is 6.89. The summed E-state index contributed by atoms with van der Waals surface area (Å²) in [6, 6.07) is 3.78. The first kappa shape index (κ1) is 18.6. The van der Waals surface area contributed by atoms with Gasteiger partial charge in [-0.25, -0.2) is 23.7 Å². The van der Waals surface area contributed by atoms with E-state index in [4.69, 9.17) is 0 Å². The van der Waals surface area contributed by atoms with Crippen molar-refractivity contribution >= 4 is 22.7 Å². The van der Waals surface area contributed by atoms with Crippen LogP contribution in [0.1, 0.15) is 43.0 Å². The third kappa shape index (κ3) is 3.90. The fraction of sp³-hybridized carbons (Fsp3) is 0.389. The molecule has 10 heteroatoms. The molecule has 0 bridgehead atoms. The van der Waals surface area contributed by atoms with Crippen LogP contribution in [-0.2, 0) is 6.18 Å². The summed E-state index contributed by atoms with van der Waals surface area (Å²) in [7, 11) is 0. The smallest absolute Gasteiger partial charge is 0.340 e. The SMILES string of the molecule is FC1(F)CCC(c2nc3cc(Nc4ccc(C(F)(F)F)cn4)ncc3[nH]2)CC1. The molecule has 0 aliphatic heterocycles. The van der Waals surface area contributed by atoms with Gasteiger partial charge in [-0.3, -0.25) is 0 Å². The van der Waals surface area contributed by atoms with Crippen LogP contribution >= 0.6 is 0 Å². The number of hydrogen-bond acceptors (Lipinski definition) is 4. The number of aromatic nitrogens is 4. The van der Waals surface area contributed by atoms with Gasteiger partial charge >= 0.3 is 6.18 Å². The lowest BCUT2D eigenvalue weighted by Gasteiger charge is -2.26. The summed E-state index contributed by atoms with van der Waals surface area (Å²) in [5.41, 5.74) is 0.423. The number of rotatable bonds is 3. The molecule has 0 unspecified atom stereocenters. The summed E-state index contributed by atoms with van der Waals surface area (Å²) in [4.78, 5) is 15.5. The molecule has 0 aromatic carbocycles. The first-order valence-corrected chi connectivity index (χ1v) is 8.73. The molecule has 1 fully saturated rings. The van der Waals surface area contributed by atoms with Crippen LogP contribution in [0.4, 0.5) is 33.6 Å². The topological polar surface area (TPSA) is 66.5 Å². The van der Waals surface area contributed by atoms with E-state index in [9.17, 15) is 22.0 Å². The largest absolute Gasteiger partial charge is 0.417 e. The summed E-state index contributed by atoms with van der Waals surface area (Å²) in [6.45, 7) is 0. The monoisotopic (exact) mass is 397 g/mol. The van der Waals surface area contributed by atoms with Crippen LogP contribution in [0.25, 0.3) is 11.0 Å². The molecule has 0 saturated heterocycles. The van der Waals surface area contributed by atoms with Gasteiger partial charge in [-0.2, -0.15) is 13.2 Å². The zero-order chi connectivity index (χ0) is 19.9. The number of nitrogens with one attached hydrogen (secondary N) is 2.